The number of nitrogens with zero attached hydrogens (tertiary/aromatic N) is 1. The standard InChI is InChI=1S/C12H17NO2/c1-5-6-8(2)13-9(3)7-11(10(13)4)12(14)15/h5,7-8H,1,6H2,2-4H3,(H,14,15). The van der Waals surface area contributed by atoms with Crippen molar-refractivity contribution in [2.45, 2.75) is 33.2 Å². The molecule has 0 saturated heterocycles. The lowest BCUT2D eigenvalue weighted by Gasteiger charge is -2.16. The first kappa shape index (κ1) is 11.6. The van der Waals surface area contributed by atoms with Gasteiger partial charge in [0.1, 0.15) is 0 Å². The quantitative estimate of drug-likeness (QED) is 0.771. The molecule has 1 atom stereocenters. The average molecular weight is 207 g/mol. The number of rotatable bonds is 4. The first-order chi connectivity index (χ1) is 6.99. The maximum absolute atomic E-state index is 10.9. The topological polar surface area (TPSA) is 42.2 Å². The van der Waals surface area contributed by atoms with Crippen LogP contribution in [0.3, 0.4) is 0 Å². The summed E-state index contributed by atoms with van der Waals surface area (Å²) in [4.78, 5) is 10.9. The molecule has 15 heavy (non-hydrogen) atoms. The second-order valence-electron chi connectivity index (χ2n) is 3.83. The Kier molecular flexibility index (Phi) is 3.35. The molecule has 1 heterocycles. The van der Waals surface area contributed by atoms with Gasteiger partial charge >= 0.3 is 5.97 Å². The minimum absolute atomic E-state index is 0.260. The first-order valence-electron chi connectivity index (χ1n) is 5.01. The molecule has 0 spiro atoms. The number of aromatic nitrogens is 1. The Morgan fingerprint density at radius 1 is 1.67 bits per heavy atom. The van der Waals surface area contributed by atoms with Crippen molar-refractivity contribution in [3.05, 3.63) is 35.7 Å². The number of carboxylic acid groups (broad SMARTS) is 1. The smallest absolute Gasteiger partial charge is 0.337 e. The Hall–Kier alpha value is -1.51. The Balaban J connectivity index is 3.18. The second kappa shape index (κ2) is 4.34. The van der Waals surface area contributed by atoms with Gasteiger partial charge in [-0.2, -0.15) is 0 Å². The molecule has 0 aliphatic carbocycles. The lowest BCUT2D eigenvalue weighted by Crippen LogP contribution is -2.09. The van der Waals surface area contributed by atoms with E-state index in [0.29, 0.717) is 5.56 Å². The Morgan fingerprint density at radius 2 is 2.27 bits per heavy atom. The van der Waals surface area contributed by atoms with E-state index in [1.54, 1.807) is 6.07 Å². The van der Waals surface area contributed by atoms with Gasteiger partial charge in [-0.15, -0.1) is 6.58 Å². The summed E-state index contributed by atoms with van der Waals surface area (Å²) in [6.07, 6.45) is 2.69. The summed E-state index contributed by atoms with van der Waals surface area (Å²) in [6, 6.07) is 1.98. The third-order valence-electron chi connectivity index (χ3n) is 2.66. The van der Waals surface area contributed by atoms with Crippen LogP contribution in [0.4, 0.5) is 0 Å². The van der Waals surface area contributed by atoms with Gasteiger partial charge in [0.25, 0.3) is 0 Å². The van der Waals surface area contributed by atoms with Gasteiger partial charge in [0.15, 0.2) is 0 Å². The molecule has 1 unspecified atom stereocenters. The predicted molar refractivity (Wildman–Crippen MR) is 60.4 cm³/mol. The highest BCUT2D eigenvalue weighted by Crippen LogP contribution is 2.22. The number of hydrogen-bond donors (Lipinski definition) is 1. The summed E-state index contributed by atoms with van der Waals surface area (Å²) < 4.78 is 2.05. The van der Waals surface area contributed by atoms with Gasteiger partial charge in [0.2, 0.25) is 0 Å². The van der Waals surface area contributed by atoms with Crippen LogP contribution in [0.25, 0.3) is 0 Å². The van der Waals surface area contributed by atoms with Gasteiger partial charge in [0, 0.05) is 17.4 Å². The third kappa shape index (κ3) is 2.12. The predicted octanol–water partition coefficient (Wildman–Crippen LogP) is 2.94. The first-order valence-corrected chi connectivity index (χ1v) is 5.01. The minimum Gasteiger partial charge on any atom is -0.478 e. The molecule has 0 amide bonds. The van der Waals surface area contributed by atoms with Crippen molar-refractivity contribution < 1.29 is 9.90 Å². The average Bonchev–Trinajstić information content (AvgIpc) is 2.42. The van der Waals surface area contributed by atoms with Gasteiger partial charge in [-0.25, -0.2) is 4.79 Å². The zero-order valence-corrected chi connectivity index (χ0v) is 9.45. The molecule has 0 aromatic carbocycles. The molecule has 1 rings (SSSR count). The van der Waals surface area contributed by atoms with Crippen molar-refractivity contribution in [2.75, 3.05) is 0 Å². The molecule has 1 aromatic rings. The number of carboxylic acids is 1. The third-order valence-corrected chi connectivity index (χ3v) is 2.66. The van der Waals surface area contributed by atoms with Gasteiger partial charge in [-0.1, -0.05) is 6.08 Å². The van der Waals surface area contributed by atoms with Crippen LogP contribution < -0.4 is 0 Å². The monoisotopic (exact) mass is 207 g/mol. The number of aromatic carboxylic acids is 1. The molecule has 0 aliphatic heterocycles. The molecule has 3 nitrogen and oxygen atoms in total. The van der Waals surface area contributed by atoms with Gasteiger partial charge < -0.3 is 9.67 Å². The molecule has 0 aliphatic rings. The van der Waals surface area contributed by atoms with E-state index in [4.69, 9.17) is 5.11 Å². The van der Waals surface area contributed by atoms with E-state index in [0.717, 1.165) is 17.8 Å². The number of hydrogen-bond acceptors (Lipinski definition) is 1. The minimum atomic E-state index is -0.861. The maximum Gasteiger partial charge on any atom is 0.337 e. The fraction of sp³-hybridized carbons (Fsp3) is 0.417. The van der Waals surface area contributed by atoms with Crippen LogP contribution in [0.5, 0.6) is 0 Å². The summed E-state index contributed by atoms with van der Waals surface area (Å²) in [5, 5.41) is 8.98. The number of carbonyl (C=O) groups is 1. The van der Waals surface area contributed by atoms with Crippen LogP contribution in [-0.2, 0) is 0 Å². The highest BCUT2D eigenvalue weighted by Gasteiger charge is 2.17. The van der Waals surface area contributed by atoms with E-state index in [1.807, 2.05) is 24.5 Å². The second-order valence-corrected chi connectivity index (χ2v) is 3.83. The zero-order valence-electron chi connectivity index (χ0n) is 9.45. The highest BCUT2D eigenvalue weighted by molar-refractivity contribution is 5.89. The lowest BCUT2D eigenvalue weighted by molar-refractivity contribution is 0.0696. The van der Waals surface area contributed by atoms with Crippen LogP contribution in [-0.4, -0.2) is 15.6 Å². The molecule has 0 bridgehead atoms. The van der Waals surface area contributed by atoms with E-state index in [1.165, 1.54) is 0 Å². The van der Waals surface area contributed by atoms with Crippen LogP contribution >= 0.6 is 0 Å². The molecular formula is C12H17NO2. The van der Waals surface area contributed by atoms with Crippen molar-refractivity contribution in [3.63, 3.8) is 0 Å². The summed E-state index contributed by atoms with van der Waals surface area (Å²) in [7, 11) is 0. The Labute approximate surface area is 90.0 Å². The van der Waals surface area contributed by atoms with Crippen molar-refractivity contribution in [2.24, 2.45) is 0 Å². The van der Waals surface area contributed by atoms with E-state index in [9.17, 15) is 4.79 Å². The lowest BCUT2D eigenvalue weighted by atomic mass is 10.2. The molecule has 1 aromatic heterocycles. The van der Waals surface area contributed by atoms with E-state index >= 15 is 0 Å². The molecule has 0 fully saturated rings. The van der Waals surface area contributed by atoms with E-state index in [2.05, 4.69) is 13.5 Å². The Morgan fingerprint density at radius 3 is 2.67 bits per heavy atom. The van der Waals surface area contributed by atoms with E-state index < -0.39 is 5.97 Å². The van der Waals surface area contributed by atoms with Gasteiger partial charge in [0.05, 0.1) is 5.56 Å². The maximum atomic E-state index is 10.9. The van der Waals surface area contributed by atoms with Crippen molar-refractivity contribution in [1.29, 1.82) is 0 Å². The normalized spacial score (nSPS) is 12.5. The van der Waals surface area contributed by atoms with Crippen LogP contribution in [0.2, 0.25) is 0 Å². The molecule has 0 radical (unpaired) electrons. The fourth-order valence-electron chi connectivity index (χ4n) is 2.02. The van der Waals surface area contributed by atoms with Gasteiger partial charge in [-0.05, 0) is 33.3 Å². The summed E-state index contributed by atoms with van der Waals surface area (Å²) in [5.74, 6) is -0.861. The molecule has 3 heteroatoms. The van der Waals surface area contributed by atoms with Crippen molar-refractivity contribution in [1.82, 2.24) is 4.57 Å². The zero-order chi connectivity index (χ0) is 11.6. The van der Waals surface area contributed by atoms with Crippen molar-refractivity contribution >= 4 is 5.97 Å². The fourth-order valence-corrected chi connectivity index (χ4v) is 2.02. The van der Waals surface area contributed by atoms with Gasteiger partial charge in [-0.3, -0.25) is 0 Å². The van der Waals surface area contributed by atoms with E-state index in [-0.39, 0.29) is 6.04 Å². The summed E-state index contributed by atoms with van der Waals surface area (Å²) >= 11 is 0. The molecular weight excluding hydrogens is 190 g/mol. The van der Waals surface area contributed by atoms with Crippen LogP contribution in [0.15, 0.2) is 18.7 Å². The molecule has 82 valence electrons. The van der Waals surface area contributed by atoms with Crippen molar-refractivity contribution in [3.8, 4) is 0 Å². The van der Waals surface area contributed by atoms with Crippen LogP contribution in [0, 0.1) is 13.8 Å². The summed E-state index contributed by atoms with van der Waals surface area (Å²) in [5.41, 5.74) is 2.19. The van der Waals surface area contributed by atoms with Crippen LogP contribution in [0.1, 0.15) is 41.1 Å². The largest absolute Gasteiger partial charge is 0.478 e. The summed E-state index contributed by atoms with van der Waals surface area (Å²) in [6.45, 7) is 9.53. The SMILES string of the molecule is C=CCC(C)n1c(C)cc(C(=O)O)c1C. The number of allylic oxidation sites excluding steroid dienone is 1. The highest BCUT2D eigenvalue weighted by atomic mass is 16.4. The Bertz CT molecular complexity index is 391. The molecule has 1 N–H and O–H groups in total. The molecule has 0 saturated carbocycles. The number of aryl methyl sites for hydroxylation is 1.